The summed E-state index contributed by atoms with van der Waals surface area (Å²) in [5, 5.41) is 14.9. The van der Waals surface area contributed by atoms with Gasteiger partial charge in [0.1, 0.15) is 30.0 Å². The molecule has 0 saturated carbocycles. The third-order valence-corrected chi connectivity index (χ3v) is 5.66. The lowest BCUT2D eigenvalue weighted by Gasteiger charge is -2.34. The van der Waals surface area contributed by atoms with E-state index in [1.807, 2.05) is 6.92 Å². The van der Waals surface area contributed by atoms with Crippen molar-refractivity contribution in [3.63, 3.8) is 0 Å². The Hall–Kier alpha value is -3.83. The Morgan fingerprint density at radius 3 is 2.31 bits per heavy atom. The molecule has 12 heteroatoms. The molecule has 1 aromatic carbocycles. The van der Waals surface area contributed by atoms with Crippen molar-refractivity contribution in [2.75, 3.05) is 20.2 Å². The number of ether oxygens (including phenoxy) is 2. The summed E-state index contributed by atoms with van der Waals surface area (Å²) in [4.78, 5) is 64.8. The summed E-state index contributed by atoms with van der Waals surface area (Å²) in [6.07, 6.45) is 1.63. The van der Waals surface area contributed by atoms with Gasteiger partial charge in [0.2, 0.25) is 17.7 Å². The number of hydrogen-bond donors (Lipinski definition) is 4. The molecular weight excluding hydrogens is 508 g/mol. The maximum atomic E-state index is 13.9. The minimum atomic E-state index is -1.42. The minimum Gasteiger partial charge on any atom is -0.508 e. The van der Waals surface area contributed by atoms with Crippen LogP contribution in [0.1, 0.15) is 77.0 Å². The van der Waals surface area contributed by atoms with Crippen LogP contribution in [0.5, 0.6) is 5.75 Å². The average molecular weight is 551 g/mol. The molecule has 0 fully saturated rings. The molecule has 0 heterocycles. The van der Waals surface area contributed by atoms with Crippen LogP contribution < -0.4 is 16.4 Å². The lowest BCUT2D eigenvalue weighted by atomic mass is 9.99. The number of esters is 1. The number of carbonyl (C=O) groups excluding carboxylic acids is 5. The topological polar surface area (TPSA) is 177 Å². The number of nitrogens with zero attached hydrogens (tertiary/aromatic N) is 1. The van der Waals surface area contributed by atoms with Gasteiger partial charge in [-0.15, -0.1) is 0 Å². The van der Waals surface area contributed by atoms with Crippen LogP contribution >= 0.6 is 0 Å². The predicted octanol–water partition coefficient (Wildman–Crippen LogP) is 2.21. The number of phenols is 1. The van der Waals surface area contributed by atoms with Crippen molar-refractivity contribution in [2.24, 2.45) is 5.73 Å². The fourth-order valence-corrected chi connectivity index (χ4v) is 3.78. The summed E-state index contributed by atoms with van der Waals surface area (Å²) in [5.74, 6) is -2.97. The third-order valence-electron chi connectivity index (χ3n) is 5.66. The number of aryl methyl sites for hydroxylation is 1. The Balaban J connectivity index is 3.55. The zero-order valence-corrected chi connectivity index (χ0v) is 23.7. The number of aromatic hydroxyl groups is 1. The smallest absolute Gasteiger partial charge is 0.408 e. The lowest BCUT2D eigenvalue weighted by Crippen LogP contribution is -2.54. The van der Waals surface area contributed by atoms with Crippen molar-refractivity contribution >= 4 is 29.8 Å². The van der Waals surface area contributed by atoms with E-state index >= 15 is 0 Å². The van der Waals surface area contributed by atoms with Gasteiger partial charge in [0.05, 0.1) is 13.5 Å². The highest BCUT2D eigenvalue weighted by atomic mass is 16.6. The Kier molecular flexibility index (Phi) is 13.2. The van der Waals surface area contributed by atoms with Gasteiger partial charge in [-0.2, -0.15) is 0 Å². The number of benzene rings is 1. The molecule has 0 bridgehead atoms. The summed E-state index contributed by atoms with van der Waals surface area (Å²) in [6.45, 7) is 8.25. The number of methoxy groups -OCH3 is 1. The Labute approximate surface area is 229 Å². The number of phenolic OH excluding ortho intramolecular Hbond substituents is 1. The van der Waals surface area contributed by atoms with Crippen molar-refractivity contribution < 1.29 is 38.6 Å². The highest BCUT2D eigenvalue weighted by Gasteiger charge is 2.37. The van der Waals surface area contributed by atoms with E-state index in [-0.39, 0.29) is 12.3 Å². The summed E-state index contributed by atoms with van der Waals surface area (Å²) >= 11 is 0. The van der Waals surface area contributed by atoms with Crippen LogP contribution in [-0.2, 0) is 28.7 Å². The van der Waals surface area contributed by atoms with Gasteiger partial charge in [-0.1, -0.05) is 32.3 Å². The number of amides is 4. The normalized spacial score (nSPS) is 12.6. The number of hydrogen-bond acceptors (Lipinski definition) is 8. The molecule has 0 aliphatic rings. The van der Waals surface area contributed by atoms with Crippen molar-refractivity contribution in [2.45, 2.75) is 84.4 Å². The van der Waals surface area contributed by atoms with Crippen LogP contribution in [0.4, 0.5) is 4.79 Å². The molecule has 0 spiro atoms. The van der Waals surface area contributed by atoms with E-state index in [1.165, 1.54) is 24.1 Å². The van der Waals surface area contributed by atoms with Crippen molar-refractivity contribution in [3.8, 4) is 5.75 Å². The number of nitrogens with one attached hydrogen (secondary N) is 2. The maximum Gasteiger partial charge on any atom is 0.408 e. The molecule has 0 aromatic heterocycles. The van der Waals surface area contributed by atoms with E-state index in [0.29, 0.717) is 17.5 Å². The van der Waals surface area contributed by atoms with Gasteiger partial charge in [-0.3, -0.25) is 19.2 Å². The van der Waals surface area contributed by atoms with Gasteiger partial charge in [0, 0.05) is 6.54 Å². The number of nitrogens with two attached hydrogens (primary N) is 1. The van der Waals surface area contributed by atoms with Crippen molar-refractivity contribution in [3.05, 3.63) is 29.3 Å². The van der Waals surface area contributed by atoms with Gasteiger partial charge >= 0.3 is 12.1 Å². The number of alkyl carbamates (subject to hydrolysis) is 1. The highest BCUT2D eigenvalue weighted by molar-refractivity contribution is 5.95. The van der Waals surface area contributed by atoms with Crippen LogP contribution in [0.2, 0.25) is 0 Å². The molecule has 0 radical (unpaired) electrons. The van der Waals surface area contributed by atoms with Crippen LogP contribution in [-0.4, -0.2) is 71.6 Å². The summed E-state index contributed by atoms with van der Waals surface area (Å²) < 4.78 is 9.87. The zero-order valence-electron chi connectivity index (χ0n) is 23.7. The Morgan fingerprint density at radius 1 is 1.10 bits per heavy atom. The van der Waals surface area contributed by atoms with Crippen LogP contribution in [0.25, 0.3) is 0 Å². The molecule has 4 amide bonds. The highest BCUT2D eigenvalue weighted by Crippen LogP contribution is 2.28. The van der Waals surface area contributed by atoms with E-state index < -0.39 is 60.4 Å². The van der Waals surface area contributed by atoms with E-state index in [1.54, 1.807) is 33.8 Å². The third kappa shape index (κ3) is 11.6. The van der Waals surface area contributed by atoms with Crippen LogP contribution in [0.15, 0.2) is 18.2 Å². The van der Waals surface area contributed by atoms with Crippen LogP contribution in [0.3, 0.4) is 0 Å². The van der Waals surface area contributed by atoms with Gasteiger partial charge in [0.25, 0.3) is 0 Å². The minimum absolute atomic E-state index is 0.00788. The van der Waals surface area contributed by atoms with Crippen molar-refractivity contribution in [1.82, 2.24) is 15.5 Å². The number of carbonyl (C=O) groups is 5. The molecule has 2 unspecified atom stereocenters. The monoisotopic (exact) mass is 550 g/mol. The van der Waals surface area contributed by atoms with Crippen molar-refractivity contribution in [1.29, 1.82) is 0 Å². The molecular formula is C27H42N4O8. The van der Waals surface area contributed by atoms with Gasteiger partial charge < -0.3 is 35.8 Å². The first kappa shape index (κ1) is 33.2. The second kappa shape index (κ2) is 15.6. The predicted molar refractivity (Wildman–Crippen MR) is 143 cm³/mol. The summed E-state index contributed by atoms with van der Waals surface area (Å²) in [7, 11) is 1.18. The molecule has 1 rings (SSSR count). The quantitative estimate of drug-likeness (QED) is 0.201. The Morgan fingerprint density at radius 2 is 1.77 bits per heavy atom. The second-order valence-corrected chi connectivity index (χ2v) is 10.2. The maximum absolute atomic E-state index is 13.9. The first-order chi connectivity index (χ1) is 18.2. The van der Waals surface area contributed by atoms with Gasteiger partial charge in [0.15, 0.2) is 0 Å². The van der Waals surface area contributed by atoms with E-state index in [4.69, 9.17) is 10.5 Å². The standard InChI is InChI=1S/C27H42N4O8/c1-7-8-9-10-13-31(25(36)19(15-21(28)33)30-26(37)39-27(3,4)5)23(24(35)29-16-22(34)38-6)18-11-12-20(32)17(2)14-18/h11-12,14,19,23,32H,7-10,13,15-16H2,1-6H3,(H2,28,33)(H,29,35)(H,30,37). The number of rotatable bonds is 14. The molecule has 2 atom stereocenters. The number of primary amides is 1. The molecule has 1 aromatic rings. The molecule has 0 saturated heterocycles. The fourth-order valence-electron chi connectivity index (χ4n) is 3.78. The molecule has 5 N–H and O–H groups in total. The molecule has 12 nitrogen and oxygen atoms in total. The first-order valence-corrected chi connectivity index (χ1v) is 12.9. The Bertz CT molecular complexity index is 1020. The van der Waals surface area contributed by atoms with E-state index in [2.05, 4.69) is 15.4 Å². The lowest BCUT2D eigenvalue weighted by molar-refractivity contribution is -0.145. The fraction of sp³-hybridized carbons (Fsp3) is 0.593. The summed E-state index contributed by atoms with van der Waals surface area (Å²) in [5.41, 5.74) is 5.33. The summed E-state index contributed by atoms with van der Waals surface area (Å²) in [6, 6.07) is 1.75. The van der Waals surface area contributed by atoms with Gasteiger partial charge in [-0.05, 0) is 57.4 Å². The molecule has 39 heavy (non-hydrogen) atoms. The van der Waals surface area contributed by atoms with Gasteiger partial charge in [-0.25, -0.2) is 4.79 Å². The average Bonchev–Trinajstić information content (AvgIpc) is 2.83. The largest absolute Gasteiger partial charge is 0.508 e. The number of unbranched alkanes of at least 4 members (excludes halogenated alkanes) is 3. The van der Waals surface area contributed by atoms with E-state index in [9.17, 15) is 29.1 Å². The SMILES string of the molecule is CCCCCCN(C(=O)C(CC(N)=O)NC(=O)OC(C)(C)C)C(C(=O)NCC(=O)OC)c1ccc(O)c(C)c1. The molecule has 0 aliphatic heterocycles. The van der Waals surface area contributed by atoms with Crippen LogP contribution in [0, 0.1) is 6.92 Å². The second-order valence-electron chi connectivity index (χ2n) is 10.2. The first-order valence-electron chi connectivity index (χ1n) is 12.9. The molecule has 0 aliphatic carbocycles. The molecule has 218 valence electrons. The zero-order chi connectivity index (χ0) is 29.8. The van der Waals surface area contributed by atoms with E-state index in [0.717, 1.165) is 19.3 Å².